The third kappa shape index (κ3) is 4.05. The summed E-state index contributed by atoms with van der Waals surface area (Å²) in [6.45, 7) is 6.88. The van der Waals surface area contributed by atoms with E-state index in [1.807, 2.05) is 6.08 Å². The van der Waals surface area contributed by atoms with Crippen LogP contribution in [0.2, 0.25) is 0 Å². The van der Waals surface area contributed by atoms with E-state index in [-0.39, 0.29) is 40.4 Å². The van der Waals surface area contributed by atoms with Gasteiger partial charge in [-0.15, -0.1) is 0 Å². The number of carbonyl (C=O) groups excluding carboxylic acids is 2. The van der Waals surface area contributed by atoms with Gasteiger partial charge in [0.2, 0.25) is 0 Å². The molecule has 0 bridgehead atoms. The topological polar surface area (TPSA) is 113 Å². The molecule has 0 aromatic heterocycles. The molecule has 4 aliphatic carbocycles. The van der Waals surface area contributed by atoms with Gasteiger partial charge in [-0.25, -0.2) is 0 Å². The number of hydrogen-bond acceptors (Lipinski definition) is 7. The molecular formula is C27H34O7. The Bertz CT molecular complexity index is 1010. The fraction of sp³-hybridized carbons (Fsp3) is 0.704. The Balaban J connectivity index is 1.62. The molecule has 7 nitrogen and oxygen atoms in total. The van der Waals surface area contributed by atoms with E-state index in [1.54, 1.807) is 0 Å². The van der Waals surface area contributed by atoms with E-state index in [0.717, 1.165) is 24.8 Å². The Labute approximate surface area is 200 Å². The lowest BCUT2D eigenvalue weighted by molar-refractivity contribution is -0.135. The van der Waals surface area contributed by atoms with Crippen molar-refractivity contribution in [3.63, 3.8) is 0 Å². The molecule has 0 aliphatic heterocycles. The summed E-state index contributed by atoms with van der Waals surface area (Å²) >= 11 is 0. The molecule has 4 aliphatic rings. The van der Waals surface area contributed by atoms with E-state index in [0.29, 0.717) is 12.8 Å². The van der Waals surface area contributed by atoms with Crippen LogP contribution in [0.5, 0.6) is 0 Å². The van der Waals surface area contributed by atoms with Crippen molar-refractivity contribution in [3.05, 3.63) is 11.6 Å². The van der Waals surface area contributed by atoms with Crippen LogP contribution >= 0.6 is 0 Å². The normalized spacial score (nSPS) is 44.5. The summed E-state index contributed by atoms with van der Waals surface area (Å²) in [5.74, 6) is 4.36. The molecule has 10 atom stereocenters. The first kappa shape index (κ1) is 24.8. The number of hydrogen-bond donors (Lipinski definition) is 3. The fourth-order valence-electron chi connectivity index (χ4n) is 7.48. The van der Waals surface area contributed by atoms with Gasteiger partial charge in [-0.05, 0) is 66.3 Å². The largest absolute Gasteiger partial charge is 0.392 e. The Morgan fingerprint density at radius 1 is 0.971 bits per heavy atom. The van der Waals surface area contributed by atoms with E-state index in [4.69, 9.17) is 9.47 Å². The number of esters is 2. The minimum absolute atomic E-state index is 0.0566. The highest BCUT2D eigenvalue weighted by molar-refractivity contribution is 5.67. The van der Waals surface area contributed by atoms with Gasteiger partial charge in [0.25, 0.3) is 0 Å². The van der Waals surface area contributed by atoms with Gasteiger partial charge in [-0.1, -0.05) is 31.8 Å². The van der Waals surface area contributed by atoms with Gasteiger partial charge in [0.1, 0.15) is 12.2 Å². The van der Waals surface area contributed by atoms with Gasteiger partial charge >= 0.3 is 11.9 Å². The highest BCUT2D eigenvalue weighted by Crippen LogP contribution is 2.66. The lowest BCUT2D eigenvalue weighted by Gasteiger charge is -2.59. The lowest BCUT2D eigenvalue weighted by Crippen LogP contribution is -2.56. The third-order valence-electron chi connectivity index (χ3n) is 9.11. The Morgan fingerprint density at radius 2 is 1.62 bits per heavy atom. The zero-order chi connectivity index (χ0) is 24.8. The maximum absolute atomic E-state index is 11.3. The zero-order valence-corrected chi connectivity index (χ0v) is 20.2. The van der Waals surface area contributed by atoms with Crippen LogP contribution in [-0.2, 0) is 19.1 Å². The van der Waals surface area contributed by atoms with Gasteiger partial charge in [0.05, 0.1) is 30.1 Å². The molecule has 0 saturated heterocycles. The van der Waals surface area contributed by atoms with E-state index in [1.165, 1.54) is 13.8 Å². The first-order valence-electron chi connectivity index (χ1n) is 12.1. The average Bonchev–Trinajstić information content (AvgIpc) is 3.01. The molecule has 7 heteroatoms. The van der Waals surface area contributed by atoms with Crippen molar-refractivity contribution in [2.75, 3.05) is 0 Å². The smallest absolute Gasteiger partial charge is 0.316 e. The summed E-state index contributed by atoms with van der Waals surface area (Å²) in [6, 6.07) is 0. The van der Waals surface area contributed by atoms with Crippen LogP contribution in [0.15, 0.2) is 11.6 Å². The number of rotatable bonds is 0. The third-order valence-corrected chi connectivity index (χ3v) is 9.11. The Kier molecular flexibility index (Phi) is 6.59. The lowest BCUT2D eigenvalue weighted by atomic mass is 9.46. The summed E-state index contributed by atoms with van der Waals surface area (Å²) in [6.07, 6.45) is 8.15. The molecular weight excluding hydrogens is 436 g/mol. The monoisotopic (exact) mass is 470 g/mol. The molecule has 0 heterocycles. The number of aliphatic hydroxyl groups is 3. The van der Waals surface area contributed by atoms with Crippen molar-refractivity contribution in [1.29, 1.82) is 0 Å². The SMILES string of the molecule is CC(=O)OC#CC1CC[C@@]2(C)C(=CC(O)[C@@H]3[C@H]2CC[C@]2(C)C(C#COC(C)=O)C(O)C[C@@H]32)C1O. The summed E-state index contributed by atoms with van der Waals surface area (Å²) in [4.78, 5) is 22.1. The predicted octanol–water partition coefficient (Wildman–Crippen LogP) is 2.14. The van der Waals surface area contributed by atoms with Crippen molar-refractivity contribution >= 4 is 11.9 Å². The van der Waals surface area contributed by atoms with Crippen LogP contribution in [0.3, 0.4) is 0 Å². The highest BCUT2D eigenvalue weighted by atomic mass is 16.5. The van der Waals surface area contributed by atoms with Crippen molar-refractivity contribution in [2.45, 2.75) is 78.1 Å². The molecule has 4 rings (SSSR count). The number of fused-ring (bicyclic) bond motifs is 5. The maximum Gasteiger partial charge on any atom is 0.316 e. The second kappa shape index (κ2) is 9.04. The van der Waals surface area contributed by atoms with E-state index >= 15 is 0 Å². The average molecular weight is 471 g/mol. The minimum atomic E-state index is -0.831. The minimum Gasteiger partial charge on any atom is -0.392 e. The molecule has 0 radical (unpaired) electrons. The molecule has 0 aromatic rings. The van der Waals surface area contributed by atoms with Gasteiger partial charge in [-0.3, -0.25) is 9.59 Å². The molecule has 184 valence electrons. The van der Waals surface area contributed by atoms with Crippen molar-refractivity contribution in [3.8, 4) is 24.1 Å². The maximum atomic E-state index is 11.3. The van der Waals surface area contributed by atoms with Crippen molar-refractivity contribution < 1.29 is 34.4 Å². The standard InChI is InChI=1S/C27H34O7/c1-15(28)33-11-7-17-5-9-27(4)19-6-10-26(3)18(8-12-34-16(2)29)22(30)13-20(26)24(19)23(31)14-21(27)25(17)32/h14,17-20,22-25,30-32H,5-6,9-10,13H2,1-4H3/t17?,18?,19-,20+,22?,23?,24-,25?,26-,27-/m1/s1. The summed E-state index contributed by atoms with van der Waals surface area (Å²) in [7, 11) is 0. The van der Waals surface area contributed by atoms with Gasteiger partial charge < -0.3 is 24.8 Å². The molecule has 3 fully saturated rings. The summed E-state index contributed by atoms with van der Waals surface area (Å²) in [5, 5.41) is 33.3. The second-order valence-corrected chi connectivity index (χ2v) is 10.9. The molecule has 0 aromatic carbocycles. The first-order chi connectivity index (χ1) is 16.0. The van der Waals surface area contributed by atoms with E-state index in [2.05, 4.69) is 37.9 Å². The first-order valence-corrected chi connectivity index (χ1v) is 12.1. The molecule has 3 N–H and O–H groups in total. The Hall–Kier alpha value is -2.32. The van der Waals surface area contributed by atoms with Crippen LogP contribution in [0, 0.1) is 64.5 Å². The van der Waals surface area contributed by atoms with Crippen LogP contribution in [-0.4, -0.2) is 45.6 Å². The van der Waals surface area contributed by atoms with E-state index < -0.39 is 30.3 Å². The molecule has 0 spiro atoms. The quantitative estimate of drug-likeness (QED) is 0.282. The van der Waals surface area contributed by atoms with Crippen molar-refractivity contribution in [1.82, 2.24) is 0 Å². The predicted molar refractivity (Wildman–Crippen MR) is 122 cm³/mol. The van der Waals surface area contributed by atoms with Gasteiger partial charge in [0, 0.05) is 13.8 Å². The molecule has 5 unspecified atom stereocenters. The fourth-order valence-corrected chi connectivity index (χ4v) is 7.48. The van der Waals surface area contributed by atoms with Gasteiger partial charge in [-0.2, -0.15) is 0 Å². The second-order valence-electron chi connectivity index (χ2n) is 10.9. The number of ether oxygens (including phenoxy) is 2. The summed E-state index contributed by atoms with van der Waals surface area (Å²) in [5.41, 5.74) is 0.237. The van der Waals surface area contributed by atoms with Crippen LogP contribution in [0.4, 0.5) is 0 Å². The van der Waals surface area contributed by atoms with Gasteiger partial charge in [0.15, 0.2) is 0 Å². The zero-order valence-electron chi connectivity index (χ0n) is 20.2. The number of aliphatic hydroxyl groups excluding tert-OH is 3. The van der Waals surface area contributed by atoms with Crippen molar-refractivity contribution in [2.24, 2.45) is 40.4 Å². The number of carbonyl (C=O) groups is 2. The molecule has 0 amide bonds. The van der Waals surface area contributed by atoms with Crippen LogP contribution < -0.4 is 0 Å². The van der Waals surface area contributed by atoms with Crippen LogP contribution in [0.1, 0.15) is 59.8 Å². The molecule has 34 heavy (non-hydrogen) atoms. The highest BCUT2D eigenvalue weighted by Gasteiger charge is 2.63. The Morgan fingerprint density at radius 3 is 2.26 bits per heavy atom. The van der Waals surface area contributed by atoms with E-state index in [9.17, 15) is 24.9 Å². The van der Waals surface area contributed by atoms with Crippen LogP contribution in [0.25, 0.3) is 0 Å². The molecule has 3 saturated carbocycles. The summed E-state index contributed by atoms with van der Waals surface area (Å²) < 4.78 is 9.56.